The van der Waals surface area contributed by atoms with E-state index in [1.54, 1.807) is 6.07 Å². The van der Waals surface area contributed by atoms with Crippen molar-refractivity contribution in [1.29, 1.82) is 0 Å². The van der Waals surface area contributed by atoms with Crippen LogP contribution in [0.1, 0.15) is 18.9 Å². The van der Waals surface area contributed by atoms with Crippen molar-refractivity contribution in [2.45, 2.75) is 24.8 Å². The maximum absolute atomic E-state index is 13.3. The van der Waals surface area contributed by atoms with E-state index < -0.39 is 11.6 Å². The summed E-state index contributed by atoms with van der Waals surface area (Å²) in [5, 5.41) is 0. The predicted octanol–water partition coefficient (Wildman–Crippen LogP) is 1.95. The Morgan fingerprint density at radius 2 is 2.08 bits per heavy atom. The summed E-state index contributed by atoms with van der Waals surface area (Å²) in [5.74, 6) is -1.55. The number of halogens is 2. The van der Waals surface area contributed by atoms with Crippen LogP contribution in [0, 0.1) is 11.6 Å². The first-order valence-electron chi connectivity index (χ1n) is 4.26. The quantitative estimate of drug-likeness (QED) is 0.707. The zero-order valence-electron chi connectivity index (χ0n) is 7.35. The van der Waals surface area contributed by atoms with Gasteiger partial charge in [-0.15, -0.1) is 0 Å². The largest absolute Gasteiger partial charge is 0.327 e. The van der Waals surface area contributed by atoms with E-state index in [0.29, 0.717) is 5.56 Å². The Morgan fingerprint density at radius 3 is 2.62 bits per heavy atom. The second-order valence-corrected chi connectivity index (χ2v) is 3.83. The van der Waals surface area contributed by atoms with Crippen molar-refractivity contribution in [3.63, 3.8) is 0 Å². The number of rotatable bonds is 1. The van der Waals surface area contributed by atoms with Crippen LogP contribution >= 0.6 is 0 Å². The molecule has 0 bridgehead atoms. The van der Waals surface area contributed by atoms with Gasteiger partial charge in [0.15, 0.2) is 11.6 Å². The van der Waals surface area contributed by atoms with Crippen LogP contribution in [0.15, 0.2) is 18.2 Å². The standard InChI is InChI=1S/C10H11F2N/c1-10(5-8(10)13)6-3-2-4-7(11)9(6)12/h2-4,8H,5,13H2,1H3. The van der Waals surface area contributed by atoms with Gasteiger partial charge in [0.1, 0.15) is 0 Å². The fourth-order valence-electron chi connectivity index (χ4n) is 1.65. The summed E-state index contributed by atoms with van der Waals surface area (Å²) in [4.78, 5) is 0. The molecule has 1 aliphatic carbocycles. The summed E-state index contributed by atoms with van der Waals surface area (Å²) in [7, 11) is 0. The Hall–Kier alpha value is -0.960. The molecular weight excluding hydrogens is 172 g/mol. The molecule has 0 aliphatic heterocycles. The summed E-state index contributed by atoms with van der Waals surface area (Å²) in [6.45, 7) is 1.86. The van der Waals surface area contributed by atoms with E-state index >= 15 is 0 Å². The molecule has 0 aromatic heterocycles. The van der Waals surface area contributed by atoms with Crippen LogP contribution in [0.4, 0.5) is 8.78 Å². The molecule has 0 spiro atoms. The van der Waals surface area contributed by atoms with Crippen LogP contribution in [0.25, 0.3) is 0 Å². The van der Waals surface area contributed by atoms with E-state index in [-0.39, 0.29) is 11.5 Å². The van der Waals surface area contributed by atoms with Crippen molar-refractivity contribution in [3.05, 3.63) is 35.4 Å². The van der Waals surface area contributed by atoms with Crippen LogP contribution in [0.3, 0.4) is 0 Å². The summed E-state index contributed by atoms with van der Waals surface area (Å²) >= 11 is 0. The highest BCUT2D eigenvalue weighted by molar-refractivity contribution is 5.36. The minimum atomic E-state index is -0.794. The lowest BCUT2D eigenvalue weighted by molar-refractivity contribution is 0.487. The minimum Gasteiger partial charge on any atom is -0.327 e. The lowest BCUT2D eigenvalue weighted by Gasteiger charge is -2.11. The monoisotopic (exact) mass is 183 g/mol. The third-order valence-corrected chi connectivity index (χ3v) is 2.87. The molecule has 2 atom stereocenters. The van der Waals surface area contributed by atoms with Crippen LogP contribution in [0.2, 0.25) is 0 Å². The number of benzene rings is 1. The topological polar surface area (TPSA) is 26.0 Å². The molecule has 2 rings (SSSR count). The van der Waals surface area contributed by atoms with E-state index in [1.807, 2.05) is 6.92 Å². The molecule has 0 amide bonds. The normalized spacial score (nSPS) is 31.8. The minimum absolute atomic E-state index is 0.0381. The van der Waals surface area contributed by atoms with Gasteiger partial charge in [0.25, 0.3) is 0 Å². The molecule has 2 unspecified atom stereocenters. The van der Waals surface area contributed by atoms with Gasteiger partial charge in [0, 0.05) is 11.5 Å². The fourth-order valence-corrected chi connectivity index (χ4v) is 1.65. The molecule has 70 valence electrons. The van der Waals surface area contributed by atoms with Crippen LogP contribution in [0.5, 0.6) is 0 Å². The molecule has 13 heavy (non-hydrogen) atoms. The molecule has 0 saturated heterocycles. The first-order valence-corrected chi connectivity index (χ1v) is 4.26. The Labute approximate surface area is 75.6 Å². The van der Waals surface area contributed by atoms with E-state index in [9.17, 15) is 8.78 Å². The maximum atomic E-state index is 13.3. The van der Waals surface area contributed by atoms with Crippen LogP contribution in [-0.2, 0) is 5.41 Å². The zero-order chi connectivity index (χ0) is 9.64. The van der Waals surface area contributed by atoms with Crippen molar-refractivity contribution in [2.75, 3.05) is 0 Å². The van der Waals surface area contributed by atoms with Gasteiger partial charge >= 0.3 is 0 Å². The molecular formula is C10H11F2N. The van der Waals surface area contributed by atoms with Crippen molar-refractivity contribution in [1.82, 2.24) is 0 Å². The van der Waals surface area contributed by atoms with Gasteiger partial charge in [0.2, 0.25) is 0 Å². The molecule has 3 heteroatoms. The summed E-state index contributed by atoms with van der Waals surface area (Å²) in [6.07, 6.45) is 0.730. The van der Waals surface area contributed by atoms with Crippen LogP contribution < -0.4 is 5.73 Å². The maximum Gasteiger partial charge on any atom is 0.162 e. The van der Waals surface area contributed by atoms with E-state index in [0.717, 1.165) is 12.5 Å². The van der Waals surface area contributed by atoms with Gasteiger partial charge < -0.3 is 5.73 Å². The number of nitrogens with two attached hydrogens (primary N) is 1. The van der Waals surface area contributed by atoms with Gasteiger partial charge in [-0.1, -0.05) is 19.1 Å². The molecule has 1 aromatic rings. The lowest BCUT2D eigenvalue weighted by atomic mass is 9.97. The average molecular weight is 183 g/mol. The van der Waals surface area contributed by atoms with E-state index in [2.05, 4.69) is 0 Å². The molecule has 1 nitrogen and oxygen atoms in total. The highest BCUT2D eigenvalue weighted by atomic mass is 19.2. The smallest absolute Gasteiger partial charge is 0.162 e. The van der Waals surface area contributed by atoms with E-state index in [1.165, 1.54) is 6.07 Å². The Bertz CT molecular complexity index is 351. The highest BCUT2D eigenvalue weighted by Crippen LogP contribution is 2.47. The predicted molar refractivity (Wildman–Crippen MR) is 46.3 cm³/mol. The molecule has 0 radical (unpaired) electrons. The second kappa shape index (κ2) is 2.51. The van der Waals surface area contributed by atoms with Crippen molar-refractivity contribution >= 4 is 0 Å². The third-order valence-electron chi connectivity index (χ3n) is 2.87. The molecule has 1 fully saturated rings. The molecule has 1 aromatic carbocycles. The molecule has 2 N–H and O–H groups in total. The molecule has 1 aliphatic rings. The van der Waals surface area contributed by atoms with E-state index in [4.69, 9.17) is 5.73 Å². The number of hydrogen-bond donors (Lipinski definition) is 1. The van der Waals surface area contributed by atoms with Crippen molar-refractivity contribution in [2.24, 2.45) is 5.73 Å². The molecule has 1 saturated carbocycles. The SMILES string of the molecule is CC1(c2cccc(F)c2F)CC1N. The first kappa shape index (κ1) is 8.63. The fraction of sp³-hybridized carbons (Fsp3) is 0.400. The first-order chi connectivity index (χ1) is 6.05. The lowest BCUT2D eigenvalue weighted by Crippen LogP contribution is -2.16. The second-order valence-electron chi connectivity index (χ2n) is 3.83. The van der Waals surface area contributed by atoms with Crippen molar-refractivity contribution in [3.8, 4) is 0 Å². The Morgan fingerprint density at radius 1 is 1.46 bits per heavy atom. The van der Waals surface area contributed by atoms with Gasteiger partial charge in [-0.05, 0) is 18.1 Å². The third kappa shape index (κ3) is 1.15. The Balaban J connectivity index is 2.47. The Kier molecular flexibility index (Phi) is 1.67. The van der Waals surface area contributed by atoms with Gasteiger partial charge in [-0.25, -0.2) is 8.78 Å². The van der Waals surface area contributed by atoms with Gasteiger partial charge in [-0.2, -0.15) is 0 Å². The number of hydrogen-bond acceptors (Lipinski definition) is 1. The van der Waals surface area contributed by atoms with Gasteiger partial charge in [-0.3, -0.25) is 0 Å². The van der Waals surface area contributed by atoms with Crippen LogP contribution in [-0.4, -0.2) is 6.04 Å². The molecule has 0 heterocycles. The average Bonchev–Trinajstić information content (AvgIpc) is 2.67. The summed E-state index contributed by atoms with van der Waals surface area (Å²) in [5.41, 5.74) is 5.71. The van der Waals surface area contributed by atoms with Crippen molar-refractivity contribution < 1.29 is 8.78 Å². The summed E-state index contributed by atoms with van der Waals surface area (Å²) < 4.78 is 26.1. The highest BCUT2D eigenvalue weighted by Gasteiger charge is 2.50. The summed E-state index contributed by atoms with van der Waals surface area (Å²) in [6, 6.07) is 4.20. The zero-order valence-corrected chi connectivity index (χ0v) is 7.35. The van der Waals surface area contributed by atoms with Gasteiger partial charge in [0.05, 0.1) is 0 Å².